The second kappa shape index (κ2) is 4.44. The van der Waals surface area contributed by atoms with Crippen LogP contribution < -0.4 is 4.90 Å². The Morgan fingerprint density at radius 3 is 2.56 bits per heavy atom. The molecule has 18 heavy (non-hydrogen) atoms. The van der Waals surface area contributed by atoms with Crippen LogP contribution in [0, 0.1) is 0 Å². The van der Waals surface area contributed by atoms with Crippen molar-refractivity contribution in [2.75, 3.05) is 11.4 Å². The monoisotopic (exact) mass is 279 g/mol. The molecule has 1 amide bonds. The molecule has 1 fully saturated rings. The van der Waals surface area contributed by atoms with E-state index in [2.05, 4.69) is 0 Å². The number of hydrogen-bond donors (Lipinski definition) is 1. The summed E-state index contributed by atoms with van der Waals surface area (Å²) in [5, 5.41) is 8.85. The number of carbonyl (C=O) groups is 1. The van der Waals surface area contributed by atoms with Crippen molar-refractivity contribution in [1.29, 1.82) is 0 Å². The number of benzene rings is 1. The van der Waals surface area contributed by atoms with Crippen LogP contribution in [0.25, 0.3) is 0 Å². The highest BCUT2D eigenvalue weighted by atomic mass is 35.5. The first-order valence-electron chi connectivity index (χ1n) is 5.15. The Morgan fingerprint density at radius 2 is 2.06 bits per heavy atom. The third-order valence-electron chi connectivity index (χ3n) is 2.67. The predicted octanol–water partition coefficient (Wildman–Crippen LogP) is 2.46. The molecule has 1 aromatic carbocycles. The van der Waals surface area contributed by atoms with Gasteiger partial charge in [0.1, 0.15) is 0 Å². The zero-order valence-corrected chi connectivity index (χ0v) is 9.79. The molecular formula is C11H9ClF3NO2. The van der Waals surface area contributed by atoms with Gasteiger partial charge in [0.05, 0.1) is 35.3 Å². The number of alkyl halides is 3. The normalized spacial score (nSPS) is 20.6. The van der Waals surface area contributed by atoms with Crippen LogP contribution in [-0.2, 0) is 11.0 Å². The number of amides is 1. The fraction of sp³-hybridized carbons (Fsp3) is 0.364. The van der Waals surface area contributed by atoms with Gasteiger partial charge in [-0.25, -0.2) is 0 Å². The fourth-order valence-corrected chi connectivity index (χ4v) is 2.22. The van der Waals surface area contributed by atoms with Crippen molar-refractivity contribution in [1.82, 2.24) is 0 Å². The maximum absolute atomic E-state index is 12.9. The summed E-state index contributed by atoms with van der Waals surface area (Å²) >= 11 is 5.56. The zero-order valence-electron chi connectivity index (χ0n) is 9.04. The van der Waals surface area contributed by atoms with E-state index in [0.29, 0.717) is 0 Å². The summed E-state index contributed by atoms with van der Waals surface area (Å²) < 4.78 is 38.7. The summed E-state index contributed by atoms with van der Waals surface area (Å²) in [4.78, 5) is 12.4. The summed E-state index contributed by atoms with van der Waals surface area (Å²) in [6, 6.07) is 3.63. The summed E-state index contributed by atoms with van der Waals surface area (Å²) in [5.74, 6) is -0.546. The molecule has 1 aromatic rings. The average molecular weight is 280 g/mol. The lowest BCUT2D eigenvalue weighted by Gasteiger charge is -2.22. The highest BCUT2D eigenvalue weighted by molar-refractivity contribution is 6.32. The van der Waals surface area contributed by atoms with Gasteiger partial charge < -0.3 is 10.0 Å². The van der Waals surface area contributed by atoms with E-state index < -0.39 is 28.8 Å². The van der Waals surface area contributed by atoms with Gasteiger partial charge in [0.15, 0.2) is 0 Å². The largest absolute Gasteiger partial charge is 0.419 e. The zero-order chi connectivity index (χ0) is 13.5. The Morgan fingerprint density at radius 1 is 1.39 bits per heavy atom. The molecule has 0 spiro atoms. The van der Waals surface area contributed by atoms with Gasteiger partial charge >= 0.3 is 6.18 Å². The summed E-state index contributed by atoms with van der Waals surface area (Å²) in [6.45, 7) is -0.151. The highest BCUT2D eigenvalue weighted by Gasteiger charge is 2.40. The van der Waals surface area contributed by atoms with Gasteiger partial charge in [0.2, 0.25) is 5.91 Å². The number of halogens is 4. The molecule has 1 N–H and O–H groups in total. The Hall–Kier alpha value is -1.27. The highest BCUT2D eigenvalue weighted by Crippen LogP contribution is 2.42. The molecular weight excluding hydrogens is 271 g/mol. The second-order valence-corrected chi connectivity index (χ2v) is 4.40. The predicted molar refractivity (Wildman–Crippen MR) is 59.4 cm³/mol. The Kier molecular flexibility index (Phi) is 3.25. The lowest BCUT2D eigenvalue weighted by atomic mass is 10.1. The fourth-order valence-electron chi connectivity index (χ4n) is 1.94. The molecule has 3 nitrogen and oxygen atoms in total. The van der Waals surface area contributed by atoms with E-state index >= 15 is 0 Å². The molecule has 0 aliphatic carbocycles. The number of nitrogens with zero attached hydrogens (tertiary/aromatic N) is 1. The number of anilines is 1. The Balaban J connectivity index is 2.52. The van der Waals surface area contributed by atoms with Crippen molar-refractivity contribution in [3.63, 3.8) is 0 Å². The van der Waals surface area contributed by atoms with Crippen molar-refractivity contribution in [3.05, 3.63) is 28.8 Å². The lowest BCUT2D eigenvalue weighted by Crippen LogP contribution is -2.28. The Bertz CT molecular complexity index is 490. The summed E-state index contributed by atoms with van der Waals surface area (Å²) in [7, 11) is 0. The summed E-state index contributed by atoms with van der Waals surface area (Å²) in [5.41, 5.74) is -1.36. The van der Waals surface area contributed by atoms with E-state index in [9.17, 15) is 23.1 Å². The van der Waals surface area contributed by atoms with Crippen molar-refractivity contribution < 1.29 is 23.1 Å². The topological polar surface area (TPSA) is 40.5 Å². The summed E-state index contributed by atoms with van der Waals surface area (Å²) in [6.07, 6.45) is -5.77. The molecule has 0 bridgehead atoms. The van der Waals surface area contributed by atoms with Crippen LogP contribution in [-0.4, -0.2) is 23.7 Å². The molecule has 1 saturated heterocycles. The molecule has 1 aliphatic rings. The van der Waals surface area contributed by atoms with Crippen LogP contribution in [0.15, 0.2) is 18.2 Å². The molecule has 7 heteroatoms. The van der Waals surface area contributed by atoms with E-state index in [-0.39, 0.29) is 18.7 Å². The van der Waals surface area contributed by atoms with E-state index in [0.717, 1.165) is 11.0 Å². The number of aliphatic hydroxyl groups is 1. The first kappa shape index (κ1) is 13.2. The van der Waals surface area contributed by atoms with Gasteiger partial charge in [-0.3, -0.25) is 4.79 Å². The van der Waals surface area contributed by atoms with Crippen molar-refractivity contribution in [2.24, 2.45) is 0 Å². The van der Waals surface area contributed by atoms with E-state index in [1.165, 1.54) is 12.1 Å². The molecule has 98 valence electrons. The minimum Gasteiger partial charge on any atom is -0.391 e. The minimum atomic E-state index is -4.65. The molecule has 1 aliphatic heterocycles. The minimum absolute atomic E-state index is 0.151. The second-order valence-electron chi connectivity index (χ2n) is 3.99. The number of rotatable bonds is 1. The molecule has 1 atom stereocenters. The smallest absolute Gasteiger partial charge is 0.391 e. The average Bonchev–Trinajstić information content (AvgIpc) is 2.55. The Labute approximate surface area is 106 Å². The van der Waals surface area contributed by atoms with Crippen LogP contribution in [0.3, 0.4) is 0 Å². The van der Waals surface area contributed by atoms with Crippen LogP contribution in [0.5, 0.6) is 0 Å². The van der Waals surface area contributed by atoms with Gasteiger partial charge in [-0.2, -0.15) is 13.2 Å². The van der Waals surface area contributed by atoms with E-state index in [1.54, 1.807) is 0 Å². The van der Waals surface area contributed by atoms with Crippen molar-refractivity contribution >= 4 is 23.2 Å². The first-order chi connectivity index (χ1) is 8.30. The van der Waals surface area contributed by atoms with Gasteiger partial charge in [-0.15, -0.1) is 0 Å². The van der Waals surface area contributed by atoms with Gasteiger partial charge in [-0.1, -0.05) is 17.7 Å². The van der Waals surface area contributed by atoms with Crippen molar-refractivity contribution in [2.45, 2.75) is 18.7 Å². The lowest BCUT2D eigenvalue weighted by molar-refractivity contribution is -0.137. The third kappa shape index (κ3) is 2.30. The van der Waals surface area contributed by atoms with Crippen LogP contribution in [0.4, 0.5) is 18.9 Å². The molecule has 0 radical (unpaired) electrons. The number of hydrogen-bond acceptors (Lipinski definition) is 2. The van der Waals surface area contributed by atoms with Gasteiger partial charge in [0, 0.05) is 0 Å². The maximum atomic E-state index is 12.9. The molecule has 1 heterocycles. The van der Waals surface area contributed by atoms with Gasteiger partial charge in [0.25, 0.3) is 0 Å². The number of β-amino-alcohol motifs (C(OH)–C–C–N with tert-alkyl or cyclic N) is 1. The molecule has 2 rings (SSSR count). The van der Waals surface area contributed by atoms with Gasteiger partial charge in [-0.05, 0) is 12.1 Å². The van der Waals surface area contributed by atoms with Crippen LogP contribution in [0.1, 0.15) is 12.0 Å². The maximum Gasteiger partial charge on any atom is 0.419 e. The van der Waals surface area contributed by atoms with E-state index in [1.807, 2.05) is 0 Å². The molecule has 0 saturated carbocycles. The third-order valence-corrected chi connectivity index (χ3v) is 2.99. The van der Waals surface area contributed by atoms with Crippen molar-refractivity contribution in [3.8, 4) is 0 Å². The molecule has 0 aromatic heterocycles. The molecule has 1 unspecified atom stereocenters. The van der Waals surface area contributed by atoms with E-state index in [4.69, 9.17) is 11.6 Å². The van der Waals surface area contributed by atoms with Crippen LogP contribution in [0.2, 0.25) is 5.02 Å². The standard InChI is InChI=1S/C11H9ClF3NO2/c12-7-2-1-3-8(10(7)11(13,14)15)16-5-6(17)4-9(16)18/h1-3,6,17H,4-5H2. The quantitative estimate of drug-likeness (QED) is 0.858. The first-order valence-corrected chi connectivity index (χ1v) is 5.52. The number of aliphatic hydroxyl groups excluding tert-OH is 1. The SMILES string of the molecule is O=C1CC(O)CN1c1cccc(Cl)c1C(F)(F)F. The van der Waals surface area contributed by atoms with Crippen LogP contribution >= 0.6 is 11.6 Å². The number of carbonyl (C=O) groups excluding carboxylic acids is 1.